The molecule has 1 aliphatic heterocycles. The third kappa shape index (κ3) is 2.73. The minimum absolute atomic E-state index is 0.0956. The van der Waals surface area contributed by atoms with Crippen LogP contribution in [-0.4, -0.2) is 64.2 Å². The molecular formula is C14H18N6O2. The highest BCUT2D eigenvalue weighted by Gasteiger charge is 2.17. The molecule has 1 aliphatic rings. The van der Waals surface area contributed by atoms with Crippen LogP contribution < -0.4 is 10.6 Å². The molecule has 22 heavy (non-hydrogen) atoms. The Kier molecular flexibility index (Phi) is 3.68. The molecule has 116 valence electrons. The Bertz CT molecular complexity index is 690. The topological polar surface area (TPSA) is 101 Å². The Balaban J connectivity index is 1.83. The summed E-state index contributed by atoms with van der Waals surface area (Å²) in [5.41, 5.74) is 8.40. The first-order valence-corrected chi connectivity index (χ1v) is 7.03. The summed E-state index contributed by atoms with van der Waals surface area (Å²) < 4.78 is 1.41. The van der Waals surface area contributed by atoms with Crippen LogP contribution in [0.15, 0.2) is 24.4 Å². The second kappa shape index (κ2) is 5.64. The molecule has 2 aromatic rings. The van der Waals surface area contributed by atoms with E-state index in [-0.39, 0.29) is 5.69 Å². The molecule has 0 amide bonds. The maximum Gasteiger partial charge on any atom is 0.358 e. The maximum absolute atomic E-state index is 10.8. The van der Waals surface area contributed by atoms with E-state index in [9.17, 15) is 4.79 Å². The summed E-state index contributed by atoms with van der Waals surface area (Å²) in [6.45, 7) is 3.89. The van der Waals surface area contributed by atoms with Crippen LogP contribution in [0.1, 0.15) is 10.5 Å². The second-order valence-electron chi connectivity index (χ2n) is 5.39. The fraction of sp³-hybridized carbons (Fsp3) is 0.357. The highest BCUT2D eigenvalue weighted by molar-refractivity contribution is 5.84. The average molecular weight is 302 g/mol. The van der Waals surface area contributed by atoms with Gasteiger partial charge in [0.15, 0.2) is 5.69 Å². The highest BCUT2D eigenvalue weighted by atomic mass is 16.4. The zero-order chi connectivity index (χ0) is 15.7. The molecule has 3 N–H and O–H groups in total. The van der Waals surface area contributed by atoms with E-state index >= 15 is 0 Å². The first-order chi connectivity index (χ1) is 10.5. The van der Waals surface area contributed by atoms with Crippen molar-refractivity contribution in [1.82, 2.24) is 19.9 Å². The number of anilines is 2. The van der Waals surface area contributed by atoms with Crippen molar-refractivity contribution in [2.24, 2.45) is 0 Å². The van der Waals surface area contributed by atoms with Gasteiger partial charge in [-0.15, -0.1) is 5.10 Å². The molecule has 8 nitrogen and oxygen atoms in total. The van der Waals surface area contributed by atoms with E-state index in [0.29, 0.717) is 11.4 Å². The Morgan fingerprint density at radius 2 is 2.00 bits per heavy atom. The molecule has 1 saturated heterocycles. The third-order valence-electron chi connectivity index (χ3n) is 3.83. The van der Waals surface area contributed by atoms with Gasteiger partial charge in [-0.1, -0.05) is 5.21 Å². The van der Waals surface area contributed by atoms with Crippen molar-refractivity contribution in [1.29, 1.82) is 0 Å². The van der Waals surface area contributed by atoms with Crippen LogP contribution in [0.25, 0.3) is 5.69 Å². The number of hydrogen-bond donors (Lipinski definition) is 2. The summed E-state index contributed by atoms with van der Waals surface area (Å²) in [5.74, 6) is -1.10. The van der Waals surface area contributed by atoms with Crippen molar-refractivity contribution in [3.8, 4) is 5.69 Å². The molecule has 2 heterocycles. The summed E-state index contributed by atoms with van der Waals surface area (Å²) in [7, 11) is 2.11. The lowest BCUT2D eigenvalue weighted by Gasteiger charge is -2.34. The van der Waals surface area contributed by atoms with Gasteiger partial charge >= 0.3 is 5.97 Å². The van der Waals surface area contributed by atoms with Crippen molar-refractivity contribution in [2.45, 2.75) is 0 Å². The number of carboxylic acids is 1. The summed E-state index contributed by atoms with van der Waals surface area (Å²) >= 11 is 0. The Morgan fingerprint density at radius 1 is 1.27 bits per heavy atom. The molecule has 3 rings (SSSR count). The number of hydrogen-bond acceptors (Lipinski definition) is 6. The van der Waals surface area contributed by atoms with Crippen LogP contribution >= 0.6 is 0 Å². The Hall–Kier alpha value is -2.61. The van der Waals surface area contributed by atoms with Crippen LogP contribution in [0.5, 0.6) is 0 Å². The molecule has 1 aromatic heterocycles. The van der Waals surface area contributed by atoms with Gasteiger partial charge in [-0.3, -0.25) is 0 Å². The van der Waals surface area contributed by atoms with Crippen molar-refractivity contribution in [2.75, 3.05) is 43.9 Å². The molecule has 0 spiro atoms. The molecule has 0 saturated carbocycles. The Morgan fingerprint density at radius 3 is 2.59 bits per heavy atom. The quantitative estimate of drug-likeness (QED) is 0.786. The van der Waals surface area contributed by atoms with Crippen molar-refractivity contribution < 1.29 is 9.90 Å². The number of aromatic carboxylic acids is 1. The summed E-state index contributed by atoms with van der Waals surface area (Å²) in [6.07, 6.45) is 1.37. The summed E-state index contributed by atoms with van der Waals surface area (Å²) in [5, 5.41) is 16.3. The lowest BCUT2D eigenvalue weighted by molar-refractivity contribution is 0.0690. The van der Waals surface area contributed by atoms with E-state index in [1.807, 2.05) is 12.1 Å². The summed E-state index contributed by atoms with van der Waals surface area (Å²) in [4.78, 5) is 15.4. The first-order valence-electron chi connectivity index (χ1n) is 7.03. The molecule has 0 atom stereocenters. The number of carboxylic acid groups (broad SMARTS) is 1. The SMILES string of the molecule is CN1CCN(c2ccc(-n3cc(C(=O)O)nn3)cc2N)CC1. The molecule has 1 aromatic carbocycles. The van der Waals surface area contributed by atoms with Gasteiger partial charge in [0.05, 0.1) is 23.3 Å². The molecule has 8 heteroatoms. The third-order valence-corrected chi connectivity index (χ3v) is 3.83. The van der Waals surface area contributed by atoms with Gasteiger partial charge in [-0.25, -0.2) is 9.48 Å². The van der Waals surface area contributed by atoms with Gasteiger partial charge in [0.1, 0.15) is 0 Å². The second-order valence-corrected chi connectivity index (χ2v) is 5.39. The van der Waals surface area contributed by atoms with E-state index in [1.165, 1.54) is 10.9 Å². The number of nitrogen functional groups attached to an aromatic ring is 1. The van der Waals surface area contributed by atoms with Crippen LogP contribution in [-0.2, 0) is 0 Å². The van der Waals surface area contributed by atoms with Gasteiger partial charge in [0.2, 0.25) is 0 Å². The highest BCUT2D eigenvalue weighted by Crippen LogP contribution is 2.26. The number of rotatable bonds is 3. The molecule has 1 fully saturated rings. The van der Waals surface area contributed by atoms with Gasteiger partial charge in [-0.05, 0) is 25.2 Å². The van der Waals surface area contributed by atoms with Crippen molar-refractivity contribution >= 4 is 17.3 Å². The molecule has 0 aliphatic carbocycles. The van der Waals surface area contributed by atoms with E-state index in [2.05, 4.69) is 27.2 Å². The minimum Gasteiger partial charge on any atom is -0.476 e. The van der Waals surface area contributed by atoms with E-state index in [4.69, 9.17) is 10.8 Å². The monoisotopic (exact) mass is 302 g/mol. The maximum atomic E-state index is 10.8. The minimum atomic E-state index is -1.10. The van der Waals surface area contributed by atoms with E-state index < -0.39 is 5.97 Å². The van der Waals surface area contributed by atoms with Crippen LogP contribution in [0.4, 0.5) is 11.4 Å². The number of piperazine rings is 1. The average Bonchev–Trinajstić information content (AvgIpc) is 2.98. The summed E-state index contributed by atoms with van der Waals surface area (Å²) in [6, 6.07) is 5.59. The van der Waals surface area contributed by atoms with Gasteiger partial charge < -0.3 is 20.6 Å². The van der Waals surface area contributed by atoms with E-state index in [0.717, 1.165) is 31.9 Å². The van der Waals surface area contributed by atoms with Crippen LogP contribution in [0.3, 0.4) is 0 Å². The lowest BCUT2D eigenvalue weighted by atomic mass is 10.2. The number of aromatic nitrogens is 3. The molecular weight excluding hydrogens is 284 g/mol. The molecule has 0 bridgehead atoms. The lowest BCUT2D eigenvalue weighted by Crippen LogP contribution is -2.44. The largest absolute Gasteiger partial charge is 0.476 e. The fourth-order valence-electron chi connectivity index (χ4n) is 2.51. The van der Waals surface area contributed by atoms with Gasteiger partial charge in [0, 0.05) is 26.2 Å². The predicted molar refractivity (Wildman–Crippen MR) is 82.4 cm³/mol. The fourth-order valence-corrected chi connectivity index (χ4v) is 2.51. The molecule has 0 unspecified atom stereocenters. The number of nitrogens with two attached hydrogens (primary N) is 1. The number of nitrogens with zero attached hydrogens (tertiary/aromatic N) is 5. The predicted octanol–water partition coefficient (Wildman–Crippen LogP) is 0.299. The number of benzene rings is 1. The number of carbonyl (C=O) groups is 1. The first kappa shape index (κ1) is 14.3. The van der Waals surface area contributed by atoms with Crippen LogP contribution in [0, 0.1) is 0 Å². The zero-order valence-electron chi connectivity index (χ0n) is 12.3. The zero-order valence-corrected chi connectivity index (χ0v) is 12.3. The van der Waals surface area contributed by atoms with Crippen molar-refractivity contribution in [3.63, 3.8) is 0 Å². The molecule has 0 radical (unpaired) electrons. The smallest absolute Gasteiger partial charge is 0.358 e. The van der Waals surface area contributed by atoms with Gasteiger partial charge in [-0.2, -0.15) is 0 Å². The normalized spacial score (nSPS) is 16.0. The van der Waals surface area contributed by atoms with Crippen LogP contribution in [0.2, 0.25) is 0 Å². The van der Waals surface area contributed by atoms with E-state index in [1.54, 1.807) is 6.07 Å². The Labute approximate surface area is 127 Å². The van der Waals surface area contributed by atoms with Gasteiger partial charge in [0.25, 0.3) is 0 Å². The van der Waals surface area contributed by atoms with Crippen molar-refractivity contribution in [3.05, 3.63) is 30.1 Å². The number of likely N-dealkylation sites (N-methyl/N-ethyl adjacent to an activating group) is 1. The standard InChI is InChI=1S/C14H18N6O2/c1-18-4-6-19(7-5-18)13-3-2-10(8-11(13)15)20-9-12(14(21)22)16-17-20/h2-3,8-9H,4-7,15H2,1H3,(H,21,22).